The van der Waals surface area contributed by atoms with Crippen molar-refractivity contribution in [2.24, 2.45) is 0 Å². The lowest BCUT2D eigenvalue weighted by Crippen LogP contribution is -2.01. The molecule has 0 heterocycles. The van der Waals surface area contributed by atoms with Crippen molar-refractivity contribution in [3.8, 4) is 51.5 Å². The number of ether oxygens (including phenoxy) is 1. The predicted octanol–water partition coefficient (Wildman–Crippen LogP) is 5.79. The Labute approximate surface area is 212 Å². The minimum absolute atomic E-state index is 0.0346. The summed E-state index contributed by atoms with van der Waals surface area (Å²) in [4.78, 5) is 34.0. The topological polar surface area (TPSA) is 121 Å². The Hall–Kier alpha value is -5.35. The molecule has 0 aromatic heterocycles. The molecule has 0 saturated carbocycles. The molecule has 0 aliphatic heterocycles. The average Bonchev–Trinajstić information content (AvgIpc) is 2.91. The summed E-state index contributed by atoms with van der Waals surface area (Å²) < 4.78 is 5.98. The van der Waals surface area contributed by atoms with E-state index in [1.165, 1.54) is 36.4 Å². The van der Waals surface area contributed by atoms with E-state index >= 15 is 0 Å². The smallest absolute Gasteiger partial charge is 0.335 e. The van der Waals surface area contributed by atoms with Crippen molar-refractivity contribution in [3.63, 3.8) is 0 Å². The van der Waals surface area contributed by atoms with Crippen LogP contribution in [0, 0.1) is 12.3 Å². The fourth-order valence-corrected chi connectivity index (χ4v) is 3.88. The van der Waals surface area contributed by atoms with Crippen LogP contribution in [0.15, 0.2) is 84.9 Å². The SMILES string of the molecule is C#CCOc1c(-c2ccc(C(=O)O)cc2)cc(-c2ccc(C(=O)O)cc2)cc1-c1ccc(C(=O)O)cc1. The molecule has 4 rings (SSSR count). The lowest BCUT2D eigenvalue weighted by molar-refractivity contribution is 0.0686. The van der Waals surface area contributed by atoms with Gasteiger partial charge in [-0.1, -0.05) is 42.3 Å². The zero-order chi connectivity index (χ0) is 26.5. The van der Waals surface area contributed by atoms with E-state index in [1.807, 2.05) is 12.1 Å². The van der Waals surface area contributed by atoms with Crippen molar-refractivity contribution in [2.75, 3.05) is 6.61 Å². The average molecular weight is 492 g/mol. The third-order valence-electron chi connectivity index (χ3n) is 5.74. The molecule has 0 unspecified atom stereocenters. The van der Waals surface area contributed by atoms with E-state index in [2.05, 4.69) is 5.92 Å². The van der Waals surface area contributed by atoms with Crippen LogP contribution < -0.4 is 4.74 Å². The molecule has 37 heavy (non-hydrogen) atoms. The molecule has 0 radical (unpaired) electrons. The molecule has 7 heteroatoms. The van der Waals surface area contributed by atoms with Gasteiger partial charge in [0, 0.05) is 11.1 Å². The van der Waals surface area contributed by atoms with Crippen molar-refractivity contribution in [2.45, 2.75) is 0 Å². The third-order valence-corrected chi connectivity index (χ3v) is 5.74. The van der Waals surface area contributed by atoms with Crippen LogP contribution in [0.25, 0.3) is 33.4 Å². The van der Waals surface area contributed by atoms with Gasteiger partial charge >= 0.3 is 17.9 Å². The normalized spacial score (nSPS) is 10.4. The zero-order valence-electron chi connectivity index (χ0n) is 19.3. The van der Waals surface area contributed by atoms with Crippen molar-refractivity contribution in [3.05, 3.63) is 102 Å². The summed E-state index contributed by atoms with van der Waals surface area (Å²) in [6.45, 7) is -0.0346. The molecule has 0 atom stereocenters. The Bertz CT molecular complexity index is 1450. The second kappa shape index (κ2) is 10.5. The Morgan fingerprint density at radius 1 is 0.595 bits per heavy atom. The monoisotopic (exact) mass is 492 g/mol. The minimum Gasteiger partial charge on any atom is -0.480 e. The Balaban J connectivity index is 1.97. The fraction of sp³-hybridized carbons (Fsp3) is 0.0333. The highest BCUT2D eigenvalue weighted by Gasteiger charge is 2.18. The maximum Gasteiger partial charge on any atom is 0.335 e. The summed E-state index contributed by atoms with van der Waals surface area (Å²) in [5.41, 5.74) is 4.47. The van der Waals surface area contributed by atoms with Crippen LogP contribution in [0.2, 0.25) is 0 Å². The quantitative estimate of drug-likeness (QED) is 0.266. The van der Waals surface area contributed by atoms with E-state index in [4.69, 9.17) is 11.2 Å². The summed E-state index contributed by atoms with van der Waals surface area (Å²) in [5, 5.41) is 27.8. The van der Waals surface area contributed by atoms with Gasteiger partial charge in [0.05, 0.1) is 16.7 Å². The Morgan fingerprint density at radius 2 is 0.946 bits per heavy atom. The van der Waals surface area contributed by atoms with Crippen LogP contribution >= 0.6 is 0 Å². The highest BCUT2D eigenvalue weighted by Crippen LogP contribution is 2.43. The first kappa shape index (κ1) is 24.8. The third kappa shape index (κ3) is 5.34. The lowest BCUT2D eigenvalue weighted by Gasteiger charge is -2.18. The van der Waals surface area contributed by atoms with Gasteiger partial charge in [0.1, 0.15) is 12.4 Å². The number of carbonyl (C=O) groups is 3. The number of carboxylic acids is 3. The minimum atomic E-state index is -1.05. The molecule has 4 aromatic carbocycles. The van der Waals surface area contributed by atoms with E-state index < -0.39 is 17.9 Å². The van der Waals surface area contributed by atoms with Gasteiger partial charge in [-0.15, -0.1) is 6.42 Å². The van der Waals surface area contributed by atoms with Gasteiger partial charge < -0.3 is 20.1 Å². The molecule has 182 valence electrons. The van der Waals surface area contributed by atoms with Crippen LogP contribution in [0.5, 0.6) is 5.75 Å². The number of carboxylic acid groups (broad SMARTS) is 3. The van der Waals surface area contributed by atoms with Crippen molar-refractivity contribution < 1.29 is 34.4 Å². The number of aromatic carboxylic acids is 3. The van der Waals surface area contributed by atoms with Crippen LogP contribution in [-0.2, 0) is 0 Å². The largest absolute Gasteiger partial charge is 0.480 e. The summed E-state index contributed by atoms with van der Waals surface area (Å²) in [6.07, 6.45) is 5.47. The van der Waals surface area contributed by atoms with Gasteiger partial charge in [-0.05, 0) is 70.8 Å². The predicted molar refractivity (Wildman–Crippen MR) is 138 cm³/mol. The maximum absolute atomic E-state index is 11.4. The summed E-state index contributed by atoms with van der Waals surface area (Å²) in [7, 11) is 0. The van der Waals surface area contributed by atoms with Crippen molar-refractivity contribution >= 4 is 17.9 Å². The zero-order valence-corrected chi connectivity index (χ0v) is 19.3. The molecule has 0 aliphatic carbocycles. The van der Waals surface area contributed by atoms with Crippen molar-refractivity contribution in [1.82, 2.24) is 0 Å². The van der Waals surface area contributed by atoms with E-state index in [-0.39, 0.29) is 23.3 Å². The standard InChI is InChI=1S/C30H20O7/c1-2-15-37-27-25(19-5-11-22(12-6-19)29(33)34)16-24(18-3-9-21(10-4-18)28(31)32)17-26(27)20-7-13-23(14-8-20)30(35)36/h1,3-14,16-17H,15H2,(H,31,32)(H,33,34)(H,35,36). The number of hydrogen-bond donors (Lipinski definition) is 3. The highest BCUT2D eigenvalue weighted by atomic mass is 16.5. The maximum atomic E-state index is 11.4. The van der Waals surface area contributed by atoms with Gasteiger partial charge in [-0.2, -0.15) is 0 Å². The molecule has 0 bridgehead atoms. The number of terminal acetylenes is 1. The fourth-order valence-electron chi connectivity index (χ4n) is 3.88. The molecule has 0 spiro atoms. The van der Waals surface area contributed by atoms with E-state index in [0.717, 1.165) is 11.1 Å². The molecule has 0 fully saturated rings. The van der Waals surface area contributed by atoms with E-state index in [0.29, 0.717) is 28.0 Å². The van der Waals surface area contributed by atoms with Gasteiger partial charge in [0.15, 0.2) is 0 Å². The molecule has 0 aliphatic rings. The van der Waals surface area contributed by atoms with Crippen LogP contribution in [0.4, 0.5) is 0 Å². The van der Waals surface area contributed by atoms with Gasteiger partial charge in [-0.3, -0.25) is 0 Å². The van der Waals surface area contributed by atoms with E-state index in [1.54, 1.807) is 36.4 Å². The van der Waals surface area contributed by atoms with Gasteiger partial charge in [-0.25, -0.2) is 14.4 Å². The molecule has 0 saturated heterocycles. The summed E-state index contributed by atoms with van der Waals surface area (Å²) in [5.74, 6) is -0.255. The number of hydrogen-bond acceptors (Lipinski definition) is 4. The Morgan fingerprint density at radius 3 is 1.27 bits per heavy atom. The molecule has 3 N–H and O–H groups in total. The van der Waals surface area contributed by atoms with Crippen LogP contribution in [0.1, 0.15) is 31.1 Å². The molecule has 0 amide bonds. The Kier molecular flexibility index (Phi) is 7.03. The number of benzene rings is 4. The second-order valence-corrected chi connectivity index (χ2v) is 8.04. The molecular formula is C30H20O7. The van der Waals surface area contributed by atoms with Gasteiger partial charge in [0.25, 0.3) is 0 Å². The summed E-state index contributed by atoms with van der Waals surface area (Å²) >= 11 is 0. The first-order valence-corrected chi connectivity index (χ1v) is 11.0. The van der Waals surface area contributed by atoms with Crippen molar-refractivity contribution in [1.29, 1.82) is 0 Å². The van der Waals surface area contributed by atoms with Crippen LogP contribution in [0.3, 0.4) is 0 Å². The summed E-state index contributed by atoms with van der Waals surface area (Å²) in [6, 6.07) is 22.7. The molecule has 7 nitrogen and oxygen atoms in total. The molecule has 4 aromatic rings. The molecular weight excluding hydrogens is 472 g/mol. The second-order valence-electron chi connectivity index (χ2n) is 8.04. The van der Waals surface area contributed by atoms with Gasteiger partial charge in [0.2, 0.25) is 0 Å². The lowest BCUT2D eigenvalue weighted by atomic mass is 9.91. The first-order valence-electron chi connectivity index (χ1n) is 11.0. The highest BCUT2D eigenvalue weighted by molar-refractivity contribution is 5.93. The first-order chi connectivity index (χ1) is 17.8. The van der Waals surface area contributed by atoms with Crippen LogP contribution in [-0.4, -0.2) is 39.8 Å². The number of rotatable bonds is 8. The van der Waals surface area contributed by atoms with E-state index in [9.17, 15) is 29.7 Å².